The number of azo groups is 1. The predicted molar refractivity (Wildman–Crippen MR) is 114 cm³/mol. The fourth-order valence-electron chi connectivity index (χ4n) is 2.76. The second-order valence-electron chi connectivity index (χ2n) is 5.96. The Morgan fingerprint density at radius 2 is 1.34 bits per heavy atom. The van der Waals surface area contributed by atoms with Gasteiger partial charge in [0.1, 0.15) is 6.20 Å². The maximum Gasteiger partial charge on any atom is 0.345 e. The molecule has 29 heavy (non-hydrogen) atoms. The Kier molecular flexibility index (Phi) is 5.35. The summed E-state index contributed by atoms with van der Waals surface area (Å²) in [6, 6.07) is 27.8. The van der Waals surface area contributed by atoms with Gasteiger partial charge in [-0.15, -0.1) is 10.2 Å². The van der Waals surface area contributed by atoms with Gasteiger partial charge in [0.2, 0.25) is 5.13 Å². The first-order chi connectivity index (χ1) is 14.2. The minimum atomic E-state index is -0.493. The van der Waals surface area contributed by atoms with Gasteiger partial charge in [-0.1, -0.05) is 36.4 Å². The highest BCUT2D eigenvalue weighted by molar-refractivity contribution is 7.18. The molecule has 0 N–H and O–H groups in total. The van der Waals surface area contributed by atoms with Crippen LogP contribution in [0.4, 0.5) is 32.9 Å². The molecule has 0 spiro atoms. The van der Waals surface area contributed by atoms with E-state index in [9.17, 15) is 10.1 Å². The highest BCUT2D eigenvalue weighted by Crippen LogP contribution is 2.35. The largest absolute Gasteiger partial charge is 0.345 e. The van der Waals surface area contributed by atoms with E-state index in [0.29, 0.717) is 5.69 Å². The van der Waals surface area contributed by atoms with Crippen molar-refractivity contribution in [3.05, 3.63) is 101 Å². The van der Waals surface area contributed by atoms with Crippen LogP contribution >= 0.6 is 11.3 Å². The number of nitro groups is 1. The number of nitrogens with zero attached hydrogens (tertiary/aromatic N) is 5. The number of anilines is 3. The van der Waals surface area contributed by atoms with Gasteiger partial charge in [-0.05, 0) is 59.9 Å². The summed E-state index contributed by atoms with van der Waals surface area (Å²) in [5, 5.41) is 19.0. The molecule has 0 unspecified atom stereocenters. The van der Waals surface area contributed by atoms with Crippen LogP contribution in [0.3, 0.4) is 0 Å². The molecule has 8 heteroatoms. The zero-order chi connectivity index (χ0) is 20.1. The molecule has 0 aliphatic carbocycles. The normalized spacial score (nSPS) is 10.9. The minimum absolute atomic E-state index is 0.0596. The first kappa shape index (κ1) is 18.5. The van der Waals surface area contributed by atoms with Gasteiger partial charge in [-0.25, -0.2) is 4.98 Å². The molecular weight excluding hydrogens is 386 g/mol. The third-order valence-corrected chi connectivity index (χ3v) is 4.88. The quantitative estimate of drug-likeness (QED) is 0.199. The van der Waals surface area contributed by atoms with Gasteiger partial charge in [0.05, 0.1) is 10.6 Å². The molecule has 1 aromatic heterocycles. The highest BCUT2D eigenvalue weighted by atomic mass is 32.1. The lowest BCUT2D eigenvalue weighted by Crippen LogP contribution is -2.09. The summed E-state index contributed by atoms with van der Waals surface area (Å²) in [6.45, 7) is 0. The summed E-state index contributed by atoms with van der Waals surface area (Å²) < 4.78 is 0. The van der Waals surface area contributed by atoms with Crippen LogP contribution in [0.15, 0.2) is 101 Å². The van der Waals surface area contributed by atoms with Crippen molar-refractivity contribution in [2.75, 3.05) is 4.90 Å². The SMILES string of the molecule is O=[N+]([O-])c1cnc(N=Nc2ccc(N(c3ccccc3)c3ccccc3)cc2)s1. The van der Waals surface area contributed by atoms with Crippen LogP contribution in [0.1, 0.15) is 0 Å². The van der Waals surface area contributed by atoms with Crippen molar-refractivity contribution in [2.45, 2.75) is 0 Å². The monoisotopic (exact) mass is 401 g/mol. The summed E-state index contributed by atoms with van der Waals surface area (Å²) in [4.78, 5) is 16.3. The molecule has 7 nitrogen and oxygen atoms in total. The number of aromatic nitrogens is 1. The fourth-order valence-corrected chi connectivity index (χ4v) is 3.31. The van der Waals surface area contributed by atoms with E-state index in [-0.39, 0.29) is 10.1 Å². The van der Waals surface area contributed by atoms with Gasteiger partial charge < -0.3 is 4.90 Å². The van der Waals surface area contributed by atoms with Crippen molar-refractivity contribution >= 4 is 44.2 Å². The first-order valence-corrected chi connectivity index (χ1v) is 9.54. The van der Waals surface area contributed by atoms with Gasteiger partial charge in [-0.3, -0.25) is 10.1 Å². The van der Waals surface area contributed by atoms with Crippen LogP contribution in [0.25, 0.3) is 0 Å². The number of para-hydroxylation sites is 2. The van der Waals surface area contributed by atoms with E-state index in [0.717, 1.165) is 28.4 Å². The van der Waals surface area contributed by atoms with Crippen LogP contribution in [-0.4, -0.2) is 9.91 Å². The summed E-state index contributed by atoms with van der Waals surface area (Å²) in [5.74, 6) is 0. The van der Waals surface area contributed by atoms with E-state index in [2.05, 4.69) is 44.4 Å². The van der Waals surface area contributed by atoms with Gasteiger partial charge >= 0.3 is 5.00 Å². The Morgan fingerprint density at radius 1 is 0.793 bits per heavy atom. The molecular formula is C21H15N5O2S. The van der Waals surface area contributed by atoms with Crippen molar-refractivity contribution < 1.29 is 4.92 Å². The molecule has 0 aliphatic heterocycles. The molecule has 1 heterocycles. The van der Waals surface area contributed by atoms with E-state index >= 15 is 0 Å². The Morgan fingerprint density at radius 3 is 1.86 bits per heavy atom. The average molecular weight is 401 g/mol. The summed E-state index contributed by atoms with van der Waals surface area (Å²) in [7, 11) is 0. The molecule has 0 atom stereocenters. The van der Waals surface area contributed by atoms with Gasteiger partial charge in [0.15, 0.2) is 0 Å². The Balaban J connectivity index is 1.60. The molecule has 0 saturated carbocycles. The molecule has 3 aromatic carbocycles. The van der Waals surface area contributed by atoms with Gasteiger partial charge in [0.25, 0.3) is 0 Å². The molecule has 0 fully saturated rings. The third-order valence-electron chi connectivity index (χ3n) is 4.05. The molecule has 0 aliphatic rings. The zero-order valence-electron chi connectivity index (χ0n) is 15.1. The lowest BCUT2D eigenvalue weighted by atomic mass is 10.2. The lowest BCUT2D eigenvalue weighted by Gasteiger charge is -2.25. The maximum atomic E-state index is 10.7. The molecule has 0 bridgehead atoms. The maximum absolute atomic E-state index is 10.7. The van der Waals surface area contributed by atoms with Crippen molar-refractivity contribution in [1.29, 1.82) is 0 Å². The number of rotatable bonds is 6. The lowest BCUT2D eigenvalue weighted by molar-refractivity contribution is -0.380. The van der Waals surface area contributed by atoms with E-state index in [1.807, 2.05) is 60.7 Å². The first-order valence-electron chi connectivity index (χ1n) is 8.73. The van der Waals surface area contributed by atoms with E-state index in [1.54, 1.807) is 0 Å². The molecule has 0 amide bonds. The Bertz CT molecular complexity index is 1090. The molecule has 0 saturated heterocycles. The summed E-state index contributed by atoms with van der Waals surface area (Å²) >= 11 is 0.884. The predicted octanol–water partition coefficient (Wildman–Crippen LogP) is 6.94. The average Bonchev–Trinajstić information content (AvgIpc) is 3.25. The third kappa shape index (κ3) is 4.33. The second-order valence-corrected chi connectivity index (χ2v) is 6.95. The van der Waals surface area contributed by atoms with Crippen LogP contribution in [0, 0.1) is 10.1 Å². The number of benzene rings is 3. The number of hydrogen-bond donors (Lipinski definition) is 0. The van der Waals surface area contributed by atoms with E-state index in [4.69, 9.17) is 0 Å². The summed E-state index contributed by atoms with van der Waals surface area (Å²) in [5.41, 5.74) is 3.70. The smallest absolute Gasteiger partial charge is 0.311 e. The van der Waals surface area contributed by atoms with E-state index in [1.165, 1.54) is 6.20 Å². The number of hydrogen-bond acceptors (Lipinski definition) is 7. The van der Waals surface area contributed by atoms with Crippen LogP contribution < -0.4 is 4.90 Å². The van der Waals surface area contributed by atoms with Crippen LogP contribution in [0.2, 0.25) is 0 Å². The van der Waals surface area contributed by atoms with Gasteiger partial charge in [0, 0.05) is 17.1 Å². The molecule has 142 valence electrons. The van der Waals surface area contributed by atoms with Crippen LogP contribution in [-0.2, 0) is 0 Å². The standard InChI is InChI=1S/C21H15N5O2S/c27-26(28)20-15-22-21(29-20)24-23-16-11-13-19(14-12-16)25(17-7-3-1-4-8-17)18-9-5-2-6-10-18/h1-15H. The molecule has 0 radical (unpaired) electrons. The van der Waals surface area contributed by atoms with Crippen molar-refractivity contribution in [3.63, 3.8) is 0 Å². The zero-order valence-corrected chi connectivity index (χ0v) is 15.9. The van der Waals surface area contributed by atoms with E-state index < -0.39 is 4.92 Å². The molecule has 4 aromatic rings. The van der Waals surface area contributed by atoms with Gasteiger partial charge in [-0.2, -0.15) is 0 Å². The van der Waals surface area contributed by atoms with Crippen molar-refractivity contribution in [1.82, 2.24) is 4.98 Å². The summed E-state index contributed by atoms with van der Waals surface area (Å²) in [6.07, 6.45) is 1.18. The van der Waals surface area contributed by atoms with Crippen LogP contribution in [0.5, 0.6) is 0 Å². The minimum Gasteiger partial charge on any atom is -0.311 e. The topological polar surface area (TPSA) is 84.0 Å². The second kappa shape index (κ2) is 8.41. The van der Waals surface area contributed by atoms with Crippen molar-refractivity contribution in [2.24, 2.45) is 10.2 Å². The fraction of sp³-hybridized carbons (Fsp3) is 0. The number of thiazole rings is 1. The Hall–Kier alpha value is -3.91. The van der Waals surface area contributed by atoms with Crippen molar-refractivity contribution in [3.8, 4) is 0 Å². The Labute approximate surface area is 170 Å². The molecule has 4 rings (SSSR count). The highest BCUT2D eigenvalue weighted by Gasteiger charge is 2.12.